The van der Waals surface area contributed by atoms with Gasteiger partial charge < -0.3 is 19.7 Å². The van der Waals surface area contributed by atoms with Crippen molar-refractivity contribution >= 4 is 40.8 Å². The number of benzene rings is 2. The fourth-order valence-electron chi connectivity index (χ4n) is 2.89. The second-order valence-electron chi connectivity index (χ2n) is 6.29. The van der Waals surface area contributed by atoms with Gasteiger partial charge in [-0.05, 0) is 43.3 Å². The minimum Gasteiger partial charge on any atom is -0.482 e. The number of anilines is 2. The molecule has 2 aromatic rings. The van der Waals surface area contributed by atoms with E-state index in [-0.39, 0.29) is 25.0 Å². The minimum absolute atomic E-state index is 0.147. The van der Waals surface area contributed by atoms with Gasteiger partial charge in [-0.25, -0.2) is 4.79 Å². The van der Waals surface area contributed by atoms with Gasteiger partial charge in [0.1, 0.15) is 5.75 Å². The Morgan fingerprint density at radius 1 is 1.14 bits per heavy atom. The summed E-state index contributed by atoms with van der Waals surface area (Å²) in [6.07, 6.45) is 0.147. The average molecular weight is 403 g/mol. The Kier molecular flexibility index (Phi) is 6.16. The Hall–Kier alpha value is -3.06. The predicted molar refractivity (Wildman–Crippen MR) is 105 cm³/mol. The van der Waals surface area contributed by atoms with Crippen LogP contribution in [0.4, 0.5) is 11.4 Å². The van der Waals surface area contributed by atoms with Crippen LogP contribution in [0.2, 0.25) is 5.02 Å². The number of esters is 1. The highest BCUT2D eigenvalue weighted by Crippen LogP contribution is 2.31. The van der Waals surface area contributed by atoms with Crippen molar-refractivity contribution in [3.05, 3.63) is 53.6 Å². The van der Waals surface area contributed by atoms with E-state index in [2.05, 4.69) is 5.32 Å². The lowest BCUT2D eigenvalue weighted by atomic mass is 10.1. The molecule has 1 aliphatic rings. The monoisotopic (exact) mass is 402 g/mol. The van der Waals surface area contributed by atoms with Gasteiger partial charge >= 0.3 is 5.97 Å². The molecular formula is C20H19ClN2O5. The summed E-state index contributed by atoms with van der Waals surface area (Å²) in [7, 11) is 0. The van der Waals surface area contributed by atoms with Gasteiger partial charge in [-0.15, -0.1) is 0 Å². The number of hydrogen-bond acceptors (Lipinski definition) is 5. The molecule has 8 heteroatoms. The van der Waals surface area contributed by atoms with Crippen molar-refractivity contribution in [3.8, 4) is 5.75 Å². The fraction of sp³-hybridized carbons (Fsp3) is 0.250. The van der Waals surface area contributed by atoms with Gasteiger partial charge in [-0.3, -0.25) is 9.59 Å². The number of para-hydroxylation sites is 2. The molecule has 3 rings (SSSR count). The minimum atomic E-state index is -0.673. The maximum Gasteiger partial charge on any atom is 0.344 e. The van der Waals surface area contributed by atoms with Crippen molar-refractivity contribution in [2.75, 3.05) is 23.4 Å². The van der Waals surface area contributed by atoms with Crippen molar-refractivity contribution in [1.82, 2.24) is 0 Å². The number of amides is 2. The van der Waals surface area contributed by atoms with Crippen LogP contribution in [0.3, 0.4) is 0 Å². The van der Waals surface area contributed by atoms with E-state index in [0.29, 0.717) is 22.1 Å². The highest BCUT2D eigenvalue weighted by atomic mass is 35.5. The van der Waals surface area contributed by atoms with Crippen molar-refractivity contribution in [3.63, 3.8) is 0 Å². The number of ether oxygens (including phenoxy) is 2. The molecule has 0 aliphatic carbocycles. The molecule has 2 amide bonds. The number of carbonyl (C=O) groups excluding carboxylic acids is 3. The quantitative estimate of drug-likeness (QED) is 0.777. The average Bonchev–Trinajstić information content (AvgIpc) is 2.79. The third-order valence-electron chi connectivity index (χ3n) is 4.15. The lowest BCUT2D eigenvalue weighted by Gasteiger charge is -2.27. The maximum atomic E-state index is 12.7. The van der Waals surface area contributed by atoms with E-state index in [1.54, 1.807) is 55.5 Å². The third-order valence-corrected chi connectivity index (χ3v) is 4.41. The molecule has 0 aromatic heterocycles. The van der Waals surface area contributed by atoms with E-state index >= 15 is 0 Å². The molecule has 1 heterocycles. The fourth-order valence-corrected chi connectivity index (χ4v) is 3.02. The number of hydrogen-bond donors (Lipinski definition) is 1. The van der Waals surface area contributed by atoms with Crippen LogP contribution in [0.15, 0.2) is 48.5 Å². The Bertz CT molecular complexity index is 884. The smallest absolute Gasteiger partial charge is 0.344 e. The van der Waals surface area contributed by atoms with Gasteiger partial charge in [0.05, 0.1) is 11.4 Å². The summed E-state index contributed by atoms with van der Waals surface area (Å²) in [6.45, 7) is 0.988. The lowest BCUT2D eigenvalue weighted by molar-refractivity contribution is -0.149. The molecule has 0 unspecified atom stereocenters. The van der Waals surface area contributed by atoms with Crippen LogP contribution in [-0.2, 0) is 19.1 Å². The van der Waals surface area contributed by atoms with Crippen LogP contribution >= 0.6 is 11.6 Å². The van der Waals surface area contributed by atoms with E-state index in [1.807, 2.05) is 0 Å². The van der Waals surface area contributed by atoms with Crippen molar-refractivity contribution in [2.45, 2.75) is 19.4 Å². The Labute approximate surface area is 167 Å². The van der Waals surface area contributed by atoms with Crippen LogP contribution in [0.1, 0.15) is 13.3 Å². The van der Waals surface area contributed by atoms with Gasteiger partial charge in [0.2, 0.25) is 5.91 Å². The molecule has 1 atom stereocenters. The topological polar surface area (TPSA) is 84.9 Å². The molecular weight excluding hydrogens is 384 g/mol. The van der Waals surface area contributed by atoms with Gasteiger partial charge in [0.25, 0.3) is 5.91 Å². The van der Waals surface area contributed by atoms with Crippen molar-refractivity contribution in [1.29, 1.82) is 0 Å². The molecule has 1 aliphatic heterocycles. The first kappa shape index (κ1) is 19.7. The first-order chi connectivity index (χ1) is 13.4. The standard InChI is InChI=1S/C20H19ClN2O5/c1-13-10-18(24)22-16-4-2-3-5-17(16)23(13)19(25)11-28-20(26)12-27-15-8-6-14(21)7-9-15/h2-9,13H,10-12H2,1H3,(H,22,24)/t13-/m1/s1. The normalized spacial score (nSPS) is 15.9. The van der Waals surface area contributed by atoms with E-state index in [9.17, 15) is 14.4 Å². The summed E-state index contributed by atoms with van der Waals surface area (Å²) in [6, 6.07) is 13.2. The number of nitrogens with zero attached hydrogens (tertiary/aromatic N) is 1. The van der Waals surface area contributed by atoms with E-state index < -0.39 is 18.5 Å². The van der Waals surface area contributed by atoms with Crippen LogP contribution in [-0.4, -0.2) is 37.0 Å². The lowest BCUT2D eigenvalue weighted by Crippen LogP contribution is -2.41. The van der Waals surface area contributed by atoms with Gasteiger partial charge in [-0.1, -0.05) is 23.7 Å². The van der Waals surface area contributed by atoms with Crippen molar-refractivity contribution < 1.29 is 23.9 Å². The van der Waals surface area contributed by atoms with E-state index in [1.165, 1.54) is 4.90 Å². The molecule has 146 valence electrons. The molecule has 7 nitrogen and oxygen atoms in total. The zero-order chi connectivity index (χ0) is 20.1. The second-order valence-corrected chi connectivity index (χ2v) is 6.72. The zero-order valence-corrected chi connectivity index (χ0v) is 15.9. The molecule has 28 heavy (non-hydrogen) atoms. The maximum absolute atomic E-state index is 12.7. The van der Waals surface area contributed by atoms with Crippen molar-refractivity contribution in [2.24, 2.45) is 0 Å². The summed E-state index contributed by atoms with van der Waals surface area (Å²) in [5.41, 5.74) is 1.11. The number of carbonyl (C=O) groups is 3. The predicted octanol–water partition coefficient (Wildman–Crippen LogP) is 3.03. The van der Waals surface area contributed by atoms with Crippen LogP contribution in [0.5, 0.6) is 5.75 Å². The number of fused-ring (bicyclic) bond motifs is 1. The largest absolute Gasteiger partial charge is 0.482 e. The zero-order valence-electron chi connectivity index (χ0n) is 15.2. The molecule has 0 fully saturated rings. The molecule has 0 saturated carbocycles. The first-order valence-corrected chi connectivity index (χ1v) is 9.07. The summed E-state index contributed by atoms with van der Waals surface area (Å²) in [5, 5.41) is 3.33. The second kappa shape index (κ2) is 8.75. The summed E-state index contributed by atoms with van der Waals surface area (Å²) in [4.78, 5) is 38.1. The van der Waals surface area contributed by atoms with E-state index in [4.69, 9.17) is 21.1 Å². The Balaban J connectivity index is 1.59. The highest BCUT2D eigenvalue weighted by Gasteiger charge is 2.30. The molecule has 0 bridgehead atoms. The molecule has 0 saturated heterocycles. The highest BCUT2D eigenvalue weighted by molar-refractivity contribution is 6.30. The number of nitrogens with one attached hydrogen (secondary N) is 1. The SMILES string of the molecule is C[C@@H]1CC(=O)Nc2ccccc2N1C(=O)COC(=O)COc1ccc(Cl)cc1. The van der Waals surface area contributed by atoms with Gasteiger partial charge in [0, 0.05) is 17.5 Å². The Morgan fingerprint density at radius 3 is 2.61 bits per heavy atom. The number of rotatable bonds is 5. The summed E-state index contributed by atoms with van der Waals surface area (Å²) < 4.78 is 10.3. The molecule has 2 aromatic carbocycles. The van der Waals surface area contributed by atoms with Crippen LogP contribution in [0, 0.1) is 0 Å². The molecule has 1 N–H and O–H groups in total. The van der Waals surface area contributed by atoms with Gasteiger partial charge in [-0.2, -0.15) is 0 Å². The summed E-state index contributed by atoms with van der Waals surface area (Å²) in [5.74, 6) is -0.805. The summed E-state index contributed by atoms with van der Waals surface area (Å²) >= 11 is 5.79. The molecule has 0 spiro atoms. The third kappa shape index (κ3) is 4.80. The number of halogens is 1. The van der Waals surface area contributed by atoms with E-state index in [0.717, 1.165) is 0 Å². The first-order valence-electron chi connectivity index (χ1n) is 8.69. The molecule has 0 radical (unpaired) electrons. The Morgan fingerprint density at radius 2 is 1.86 bits per heavy atom. The van der Waals surface area contributed by atoms with Crippen LogP contribution < -0.4 is 15.0 Å². The van der Waals surface area contributed by atoms with Crippen LogP contribution in [0.25, 0.3) is 0 Å². The van der Waals surface area contributed by atoms with Gasteiger partial charge in [0.15, 0.2) is 13.2 Å².